The van der Waals surface area contributed by atoms with Gasteiger partial charge in [-0.05, 0) is 30.9 Å². The Morgan fingerprint density at radius 1 is 1.32 bits per heavy atom. The molecule has 6 nitrogen and oxygen atoms in total. The van der Waals surface area contributed by atoms with E-state index in [0.29, 0.717) is 0 Å². The minimum Gasteiger partial charge on any atom is -0.496 e. The molecule has 0 aliphatic carbocycles. The van der Waals surface area contributed by atoms with Gasteiger partial charge in [0.05, 0.1) is 20.3 Å². The molecule has 120 valence electrons. The zero-order chi connectivity index (χ0) is 16.3. The molecule has 0 bridgehead atoms. The van der Waals surface area contributed by atoms with Crippen LogP contribution in [0, 0.1) is 0 Å². The first-order valence-corrected chi connectivity index (χ1v) is 8.01. The lowest BCUT2D eigenvalue weighted by Crippen LogP contribution is -2.47. The van der Waals surface area contributed by atoms with E-state index in [1.165, 1.54) is 12.0 Å². The molecule has 0 unspecified atom stereocenters. The maximum atomic E-state index is 12.4. The van der Waals surface area contributed by atoms with Crippen LogP contribution in [-0.2, 0) is 16.1 Å². The van der Waals surface area contributed by atoms with Crippen LogP contribution in [0.25, 0.3) is 0 Å². The number of carbonyl (C=O) groups excluding carboxylic acids is 2. The van der Waals surface area contributed by atoms with E-state index in [-0.39, 0.29) is 19.1 Å². The van der Waals surface area contributed by atoms with Gasteiger partial charge in [-0.1, -0.05) is 6.07 Å². The van der Waals surface area contributed by atoms with Crippen molar-refractivity contribution < 1.29 is 19.1 Å². The molecular weight excluding hydrogens is 304 g/mol. The summed E-state index contributed by atoms with van der Waals surface area (Å²) < 4.78 is 10.4. The highest BCUT2D eigenvalue weighted by atomic mass is 32.2. The Kier molecular flexibility index (Phi) is 4.97. The monoisotopic (exact) mass is 324 g/mol. The molecule has 7 heteroatoms. The summed E-state index contributed by atoms with van der Waals surface area (Å²) in [4.78, 5) is 26.7. The number of amides is 3. The molecule has 0 aromatic heterocycles. The van der Waals surface area contributed by atoms with Gasteiger partial charge in [-0.15, -0.1) is 11.8 Å². The third-order valence-electron chi connectivity index (χ3n) is 3.57. The first-order chi connectivity index (χ1) is 10.4. The number of imide groups is 1. The van der Waals surface area contributed by atoms with Crippen LogP contribution in [0.1, 0.15) is 12.5 Å². The van der Waals surface area contributed by atoms with Gasteiger partial charge in [0.1, 0.15) is 11.3 Å². The van der Waals surface area contributed by atoms with E-state index in [1.54, 1.807) is 25.8 Å². The Hall–Kier alpha value is -1.73. The lowest BCUT2D eigenvalue weighted by molar-refractivity contribution is -0.132. The Morgan fingerprint density at radius 2 is 2.05 bits per heavy atom. The largest absolute Gasteiger partial charge is 0.496 e. The van der Waals surface area contributed by atoms with E-state index < -0.39 is 11.6 Å². The number of thioether (sulfide) groups is 1. The molecule has 1 aromatic rings. The molecule has 22 heavy (non-hydrogen) atoms. The Morgan fingerprint density at radius 3 is 2.64 bits per heavy atom. The third-order valence-corrected chi connectivity index (χ3v) is 4.34. The van der Waals surface area contributed by atoms with Crippen molar-refractivity contribution in [2.75, 3.05) is 27.1 Å². The van der Waals surface area contributed by atoms with E-state index in [2.05, 4.69) is 5.32 Å². The second-order valence-corrected chi connectivity index (χ2v) is 6.12. The smallest absolute Gasteiger partial charge is 0.325 e. The summed E-state index contributed by atoms with van der Waals surface area (Å²) in [6.45, 7) is 2.01. The summed E-state index contributed by atoms with van der Waals surface area (Å²) >= 11 is 1.58. The molecule has 1 saturated heterocycles. The average molecular weight is 324 g/mol. The van der Waals surface area contributed by atoms with Crippen LogP contribution in [0.4, 0.5) is 4.79 Å². The highest BCUT2D eigenvalue weighted by Gasteiger charge is 2.47. The average Bonchev–Trinajstić information content (AvgIpc) is 2.71. The van der Waals surface area contributed by atoms with Gasteiger partial charge in [0.15, 0.2) is 0 Å². The number of rotatable bonds is 6. The number of methoxy groups -OCH3 is 2. The van der Waals surface area contributed by atoms with E-state index in [9.17, 15) is 9.59 Å². The summed E-state index contributed by atoms with van der Waals surface area (Å²) in [5.74, 6) is 0.448. The number of nitrogens with one attached hydrogen (secondary N) is 1. The fourth-order valence-electron chi connectivity index (χ4n) is 2.44. The first-order valence-electron chi connectivity index (χ1n) is 6.79. The fraction of sp³-hybridized carbons (Fsp3) is 0.467. The van der Waals surface area contributed by atoms with Gasteiger partial charge in [0.25, 0.3) is 5.91 Å². The zero-order valence-electron chi connectivity index (χ0n) is 13.1. The molecule has 0 saturated carbocycles. The van der Waals surface area contributed by atoms with Crippen LogP contribution < -0.4 is 10.1 Å². The van der Waals surface area contributed by atoms with Crippen LogP contribution in [0.5, 0.6) is 5.75 Å². The second-order valence-electron chi connectivity index (χ2n) is 5.28. The fourth-order valence-corrected chi connectivity index (χ4v) is 2.99. The van der Waals surface area contributed by atoms with Crippen LogP contribution in [0.3, 0.4) is 0 Å². The molecule has 3 amide bonds. The number of ether oxygens (including phenoxy) is 2. The van der Waals surface area contributed by atoms with E-state index >= 15 is 0 Å². The number of nitrogens with zero attached hydrogens (tertiary/aromatic N) is 1. The van der Waals surface area contributed by atoms with Crippen molar-refractivity contribution in [1.29, 1.82) is 0 Å². The normalized spacial score (nSPS) is 21.2. The van der Waals surface area contributed by atoms with E-state index in [1.807, 2.05) is 24.5 Å². The highest BCUT2D eigenvalue weighted by Crippen LogP contribution is 2.29. The van der Waals surface area contributed by atoms with Gasteiger partial charge < -0.3 is 14.8 Å². The molecule has 1 aromatic carbocycles. The quantitative estimate of drug-likeness (QED) is 0.639. The summed E-state index contributed by atoms with van der Waals surface area (Å²) in [6.07, 6.45) is 1.96. The van der Waals surface area contributed by atoms with Gasteiger partial charge in [-0.25, -0.2) is 4.79 Å². The van der Waals surface area contributed by atoms with Crippen molar-refractivity contribution in [2.45, 2.75) is 23.9 Å². The first kappa shape index (κ1) is 16.6. The molecule has 1 atom stereocenters. The summed E-state index contributed by atoms with van der Waals surface area (Å²) in [5.41, 5.74) is -0.172. The summed E-state index contributed by atoms with van der Waals surface area (Å²) in [5, 5.41) is 2.68. The molecular formula is C15H20N2O4S. The van der Waals surface area contributed by atoms with Crippen molar-refractivity contribution in [3.8, 4) is 5.75 Å². The predicted molar refractivity (Wildman–Crippen MR) is 84.1 cm³/mol. The Bertz CT molecular complexity index is 593. The van der Waals surface area contributed by atoms with Crippen LogP contribution in [0.15, 0.2) is 23.1 Å². The molecule has 1 aliphatic rings. The number of urea groups is 1. The van der Waals surface area contributed by atoms with Crippen LogP contribution >= 0.6 is 11.8 Å². The van der Waals surface area contributed by atoms with E-state index in [4.69, 9.17) is 9.47 Å². The number of carbonyl (C=O) groups is 2. The predicted octanol–water partition coefficient (Wildman–Crippen LogP) is 1.87. The highest BCUT2D eigenvalue weighted by molar-refractivity contribution is 7.98. The molecule has 1 aliphatic heterocycles. The van der Waals surface area contributed by atoms with Crippen LogP contribution in [0.2, 0.25) is 0 Å². The van der Waals surface area contributed by atoms with Gasteiger partial charge in [0, 0.05) is 12.0 Å². The minimum atomic E-state index is -1.00. The standard InChI is InChI=1S/C15H20N2O4S/c1-15(9-20-2)13(18)17(14(19)16-15)8-10-5-6-12(22-4)11(7-10)21-3/h5-7H,8-9H2,1-4H3,(H,16,19)/t15-/m1/s1. The molecule has 0 spiro atoms. The lowest BCUT2D eigenvalue weighted by Gasteiger charge is -2.20. The van der Waals surface area contributed by atoms with Gasteiger partial charge in [0.2, 0.25) is 0 Å². The van der Waals surface area contributed by atoms with Gasteiger partial charge in [-0.2, -0.15) is 0 Å². The molecule has 1 N–H and O–H groups in total. The molecule has 2 rings (SSSR count). The summed E-state index contributed by atoms with van der Waals surface area (Å²) in [7, 11) is 3.10. The van der Waals surface area contributed by atoms with Crippen molar-refractivity contribution >= 4 is 23.7 Å². The molecule has 1 fully saturated rings. The molecule has 0 radical (unpaired) electrons. The number of hydrogen-bond acceptors (Lipinski definition) is 5. The second kappa shape index (κ2) is 6.58. The Labute approximate surface area is 134 Å². The van der Waals surface area contributed by atoms with Gasteiger partial charge in [-0.3, -0.25) is 9.69 Å². The number of hydrogen-bond donors (Lipinski definition) is 1. The van der Waals surface area contributed by atoms with Gasteiger partial charge >= 0.3 is 6.03 Å². The maximum Gasteiger partial charge on any atom is 0.325 e. The van der Waals surface area contributed by atoms with Crippen molar-refractivity contribution in [2.24, 2.45) is 0 Å². The molecule has 1 heterocycles. The van der Waals surface area contributed by atoms with Crippen molar-refractivity contribution in [3.05, 3.63) is 23.8 Å². The third kappa shape index (κ3) is 3.05. The maximum absolute atomic E-state index is 12.4. The Balaban J connectivity index is 2.20. The van der Waals surface area contributed by atoms with Crippen LogP contribution in [-0.4, -0.2) is 49.5 Å². The minimum absolute atomic E-state index is 0.142. The van der Waals surface area contributed by atoms with Crippen molar-refractivity contribution in [1.82, 2.24) is 10.2 Å². The topological polar surface area (TPSA) is 67.9 Å². The zero-order valence-corrected chi connectivity index (χ0v) is 14.0. The van der Waals surface area contributed by atoms with E-state index in [0.717, 1.165) is 16.2 Å². The lowest BCUT2D eigenvalue weighted by atomic mass is 10.0. The summed E-state index contributed by atoms with van der Waals surface area (Å²) in [6, 6.07) is 5.25. The van der Waals surface area contributed by atoms with Crippen molar-refractivity contribution in [3.63, 3.8) is 0 Å². The SMILES string of the molecule is COC[C@@]1(C)NC(=O)N(Cc2ccc(SC)c(OC)c2)C1=O. The number of benzene rings is 1.